The van der Waals surface area contributed by atoms with E-state index in [0.717, 1.165) is 45.3 Å². The van der Waals surface area contributed by atoms with E-state index >= 15 is 0 Å². The second-order valence-electron chi connectivity index (χ2n) is 6.10. The number of nitrogens with one attached hydrogen (secondary N) is 1. The zero-order valence-corrected chi connectivity index (χ0v) is 12.1. The Bertz CT molecular complexity index is 522. The van der Waals surface area contributed by atoms with Gasteiger partial charge in [0.05, 0.1) is 5.56 Å². The molecule has 1 aromatic carbocycles. The first-order chi connectivity index (χ1) is 10.1. The maximum atomic E-state index is 12.7. The Morgan fingerprint density at radius 2 is 2.10 bits per heavy atom. The Kier molecular flexibility index (Phi) is 4.01. The number of amides is 1. The Labute approximate surface area is 124 Å². The quantitative estimate of drug-likeness (QED) is 0.789. The van der Waals surface area contributed by atoms with Gasteiger partial charge >= 0.3 is 0 Å². The lowest BCUT2D eigenvalue weighted by Gasteiger charge is -2.30. The minimum Gasteiger partial charge on any atom is -0.508 e. The van der Waals surface area contributed by atoms with Gasteiger partial charge in [0.1, 0.15) is 11.5 Å². The van der Waals surface area contributed by atoms with Crippen LogP contribution in [0.15, 0.2) is 18.2 Å². The van der Waals surface area contributed by atoms with Gasteiger partial charge in [-0.3, -0.25) is 4.79 Å². The maximum Gasteiger partial charge on any atom is 0.257 e. The summed E-state index contributed by atoms with van der Waals surface area (Å²) in [6, 6.07) is 4.48. The summed E-state index contributed by atoms with van der Waals surface area (Å²) in [7, 11) is 0. The van der Waals surface area contributed by atoms with Gasteiger partial charge in [0.25, 0.3) is 5.91 Å². The minimum absolute atomic E-state index is 0.0292. The van der Waals surface area contributed by atoms with Gasteiger partial charge in [-0.05, 0) is 56.8 Å². The van der Waals surface area contributed by atoms with Crippen molar-refractivity contribution in [3.05, 3.63) is 23.8 Å². The number of piperidine rings is 1. The fourth-order valence-corrected chi connectivity index (χ4v) is 3.00. The number of aromatic hydroxyl groups is 2. The van der Waals surface area contributed by atoms with Gasteiger partial charge < -0.3 is 20.4 Å². The van der Waals surface area contributed by atoms with E-state index in [9.17, 15) is 15.0 Å². The molecule has 1 heterocycles. The third-order valence-electron chi connectivity index (χ3n) is 4.31. The van der Waals surface area contributed by atoms with Crippen LogP contribution in [-0.2, 0) is 0 Å². The second kappa shape index (κ2) is 5.93. The number of phenolic OH excluding ortho intramolecular Hbond substituents is 2. The van der Waals surface area contributed by atoms with Gasteiger partial charge in [-0.25, -0.2) is 0 Å². The molecule has 5 heteroatoms. The van der Waals surface area contributed by atoms with E-state index < -0.39 is 0 Å². The first kappa shape index (κ1) is 14.2. The molecule has 21 heavy (non-hydrogen) atoms. The van der Waals surface area contributed by atoms with Crippen molar-refractivity contribution in [2.75, 3.05) is 19.6 Å². The van der Waals surface area contributed by atoms with E-state index in [4.69, 9.17) is 0 Å². The van der Waals surface area contributed by atoms with Gasteiger partial charge in [0.2, 0.25) is 0 Å². The molecule has 1 aromatic rings. The van der Waals surface area contributed by atoms with Crippen molar-refractivity contribution in [2.45, 2.75) is 31.7 Å². The lowest BCUT2D eigenvalue weighted by Crippen LogP contribution is -2.42. The van der Waals surface area contributed by atoms with Crippen molar-refractivity contribution in [1.82, 2.24) is 10.2 Å². The molecule has 1 saturated carbocycles. The fourth-order valence-electron chi connectivity index (χ4n) is 3.00. The molecule has 5 nitrogen and oxygen atoms in total. The lowest BCUT2D eigenvalue weighted by atomic mass is 9.98. The number of phenols is 2. The second-order valence-corrected chi connectivity index (χ2v) is 6.10. The number of hydrogen-bond acceptors (Lipinski definition) is 4. The van der Waals surface area contributed by atoms with Gasteiger partial charge in [-0.1, -0.05) is 0 Å². The van der Waals surface area contributed by atoms with Crippen LogP contribution in [0.25, 0.3) is 0 Å². The van der Waals surface area contributed by atoms with Crippen LogP contribution < -0.4 is 5.32 Å². The van der Waals surface area contributed by atoms with E-state index in [1.807, 2.05) is 4.90 Å². The molecule has 1 aliphatic carbocycles. The van der Waals surface area contributed by atoms with Crippen LogP contribution in [0.3, 0.4) is 0 Å². The highest BCUT2D eigenvalue weighted by Crippen LogP contribution is 2.32. The molecule has 2 fully saturated rings. The summed E-state index contributed by atoms with van der Waals surface area (Å²) in [5.74, 6) is 0.189. The highest BCUT2D eigenvalue weighted by atomic mass is 16.3. The number of rotatable bonds is 4. The van der Waals surface area contributed by atoms with Crippen molar-refractivity contribution in [3.8, 4) is 11.5 Å². The zero-order chi connectivity index (χ0) is 14.8. The number of carbonyl (C=O) groups excluding carboxylic acids is 1. The highest BCUT2D eigenvalue weighted by molar-refractivity contribution is 5.97. The van der Waals surface area contributed by atoms with Crippen LogP contribution in [0.4, 0.5) is 0 Å². The third-order valence-corrected chi connectivity index (χ3v) is 4.31. The highest BCUT2D eigenvalue weighted by Gasteiger charge is 2.35. The molecule has 0 aromatic heterocycles. The first-order valence-electron chi connectivity index (χ1n) is 7.69. The van der Waals surface area contributed by atoms with E-state index in [0.29, 0.717) is 12.0 Å². The molecule has 1 atom stereocenters. The summed E-state index contributed by atoms with van der Waals surface area (Å²) in [4.78, 5) is 14.6. The predicted octanol–water partition coefficient (Wildman–Crippen LogP) is 1.70. The minimum atomic E-state index is -0.146. The number of hydrogen-bond donors (Lipinski definition) is 3. The average Bonchev–Trinajstić information content (AvgIpc) is 3.30. The van der Waals surface area contributed by atoms with Gasteiger partial charge in [0.15, 0.2) is 0 Å². The van der Waals surface area contributed by atoms with Crippen LogP contribution in [0.1, 0.15) is 36.0 Å². The molecule has 1 aliphatic heterocycles. The van der Waals surface area contributed by atoms with Crippen LogP contribution in [-0.4, -0.2) is 46.7 Å². The first-order valence-corrected chi connectivity index (χ1v) is 7.69. The monoisotopic (exact) mass is 290 g/mol. The molecule has 0 bridgehead atoms. The Morgan fingerprint density at radius 1 is 1.29 bits per heavy atom. The van der Waals surface area contributed by atoms with E-state index in [2.05, 4.69) is 5.32 Å². The molecule has 1 unspecified atom stereocenters. The van der Waals surface area contributed by atoms with Crippen molar-refractivity contribution in [1.29, 1.82) is 0 Å². The number of benzene rings is 1. The molecule has 1 saturated heterocycles. The summed E-state index contributed by atoms with van der Waals surface area (Å²) in [6.07, 6.45) is 4.39. The molecule has 0 radical (unpaired) electrons. The Hall–Kier alpha value is -1.75. The molecule has 1 amide bonds. The van der Waals surface area contributed by atoms with Gasteiger partial charge in [-0.2, -0.15) is 0 Å². The van der Waals surface area contributed by atoms with Crippen molar-refractivity contribution in [3.63, 3.8) is 0 Å². The van der Waals surface area contributed by atoms with Gasteiger partial charge in [-0.15, -0.1) is 0 Å². The van der Waals surface area contributed by atoms with Crippen LogP contribution in [0.5, 0.6) is 11.5 Å². The number of carbonyl (C=O) groups is 1. The van der Waals surface area contributed by atoms with Crippen LogP contribution in [0, 0.1) is 5.92 Å². The lowest BCUT2D eigenvalue weighted by molar-refractivity contribution is 0.0701. The largest absolute Gasteiger partial charge is 0.508 e. The fraction of sp³-hybridized carbons (Fsp3) is 0.562. The van der Waals surface area contributed by atoms with Crippen molar-refractivity contribution >= 4 is 5.91 Å². The molecule has 2 aliphatic rings. The SMILES string of the molecule is O=C(c1ccc(O)cc1O)N(CC1CCCNC1)C1CC1. The average molecular weight is 290 g/mol. The molecule has 0 spiro atoms. The summed E-state index contributed by atoms with van der Waals surface area (Å²) >= 11 is 0. The van der Waals surface area contributed by atoms with E-state index in [1.165, 1.54) is 18.2 Å². The standard InChI is InChI=1S/C16H22N2O3/c19-13-5-6-14(15(20)8-13)16(21)18(12-3-4-12)10-11-2-1-7-17-9-11/h5-6,8,11-12,17,19-20H,1-4,7,9-10H2. The molecular weight excluding hydrogens is 268 g/mol. The molecule has 114 valence electrons. The number of nitrogens with zero attached hydrogens (tertiary/aromatic N) is 1. The van der Waals surface area contributed by atoms with E-state index in [1.54, 1.807) is 0 Å². The van der Waals surface area contributed by atoms with Crippen LogP contribution >= 0.6 is 0 Å². The molecular formula is C16H22N2O3. The molecule has 3 N–H and O–H groups in total. The van der Waals surface area contributed by atoms with Crippen molar-refractivity contribution in [2.24, 2.45) is 5.92 Å². The topological polar surface area (TPSA) is 72.8 Å². The normalized spacial score (nSPS) is 22.0. The summed E-state index contributed by atoms with van der Waals surface area (Å²) in [6.45, 7) is 2.77. The zero-order valence-electron chi connectivity index (χ0n) is 12.1. The molecule has 3 rings (SSSR count). The smallest absolute Gasteiger partial charge is 0.257 e. The summed E-state index contributed by atoms with van der Waals surface area (Å²) < 4.78 is 0. The van der Waals surface area contributed by atoms with Gasteiger partial charge in [0, 0.05) is 18.7 Å². The van der Waals surface area contributed by atoms with E-state index in [-0.39, 0.29) is 23.0 Å². The summed E-state index contributed by atoms with van der Waals surface area (Å²) in [5.41, 5.74) is 0.281. The van der Waals surface area contributed by atoms with Crippen molar-refractivity contribution < 1.29 is 15.0 Å². The third kappa shape index (κ3) is 3.29. The predicted molar refractivity (Wildman–Crippen MR) is 79.4 cm³/mol. The van der Waals surface area contributed by atoms with Crippen LogP contribution in [0.2, 0.25) is 0 Å². The maximum absolute atomic E-state index is 12.7. The summed E-state index contributed by atoms with van der Waals surface area (Å²) in [5, 5.41) is 22.6. The Balaban J connectivity index is 1.75. The Morgan fingerprint density at radius 3 is 2.71 bits per heavy atom.